The maximum absolute atomic E-state index is 4.88. The van der Waals surface area contributed by atoms with Crippen LogP contribution in [0.4, 0.5) is 0 Å². The molecule has 0 aliphatic heterocycles. The Morgan fingerprint density at radius 1 is 0.567 bits per heavy atom. The zero-order valence-corrected chi connectivity index (χ0v) is 18.2. The van der Waals surface area contributed by atoms with Crippen LogP contribution >= 0.6 is 0 Å². The average molecular weight is 569 g/mol. The molecule has 0 radical (unpaired) electrons. The van der Waals surface area contributed by atoms with E-state index in [9.17, 15) is 0 Å². The summed E-state index contributed by atoms with van der Waals surface area (Å²) in [6.45, 7) is 0. The number of pyridine rings is 3. The second-order valence-corrected chi connectivity index (χ2v) is 6.63. The smallest absolute Gasteiger partial charge is 0.0893 e. The van der Waals surface area contributed by atoms with Crippen molar-refractivity contribution in [3.8, 4) is 11.4 Å². The molecular weight excluding hydrogens is 551 g/mol. The van der Waals surface area contributed by atoms with Crippen molar-refractivity contribution in [3.05, 3.63) is 113 Å². The van der Waals surface area contributed by atoms with E-state index in [1.807, 2.05) is 78.9 Å². The van der Waals surface area contributed by atoms with Gasteiger partial charge in [0, 0.05) is 33.5 Å². The van der Waals surface area contributed by atoms with Crippen LogP contribution in [0, 0.1) is 0 Å². The molecule has 0 saturated carbocycles. The second-order valence-electron chi connectivity index (χ2n) is 6.63. The Balaban J connectivity index is 0.00000218. The van der Waals surface area contributed by atoms with Crippen LogP contribution in [0.1, 0.15) is 11.4 Å². The van der Waals surface area contributed by atoms with Gasteiger partial charge in [-0.3, -0.25) is 9.97 Å². The second kappa shape index (κ2) is 8.98. The van der Waals surface area contributed by atoms with Gasteiger partial charge in [0.2, 0.25) is 0 Å². The van der Waals surface area contributed by atoms with E-state index in [0.717, 1.165) is 44.2 Å². The number of fused-ring (bicyclic) bond motifs is 1. The molecule has 0 bridgehead atoms. The molecule has 5 heteroatoms. The number of rotatable bonds is 3. The predicted molar refractivity (Wildman–Crippen MR) is 115 cm³/mol. The average Bonchev–Trinajstić information content (AvgIpc) is 3.12. The zero-order valence-electron chi connectivity index (χ0n) is 15.9. The van der Waals surface area contributed by atoms with Crippen LogP contribution in [0.15, 0.2) is 91.3 Å². The summed E-state index contributed by atoms with van der Waals surface area (Å²) in [5.41, 5.74) is 3.43. The van der Waals surface area contributed by atoms with Gasteiger partial charge in [-0.05, 0) is 47.2 Å². The predicted octanol–water partition coefficient (Wildman–Crippen LogP) is 3.30. The molecule has 4 heterocycles. The summed E-state index contributed by atoms with van der Waals surface area (Å²) < 4.78 is 0. The molecule has 148 valence electrons. The Hall–Kier alpha value is -3.36. The van der Waals surface area contributed by atoms with Gasteiger partial charge in [0.1, 0.15) is 0 Å². The summed E-state index contributed by atoms with van der Waals surface area (Å²) in [4.78, 5) is 18.4. The Bertz CT molecular complexity index is 1390. The van der Waals surface area contributed by atoms with Crippen LogP contribution in [-0.2, 0) is 21.1 Å². The number of aromatic nitrogens is 4. The Labute approximate surface area is 188 Å². The summed E-state index contributed by atoms with van der Waals surface area (Å²) in [6, 6.07) is 25.9. The van der Waals surface area contributed by atoms with Crippen molar-refractivity contribution in [1.82, 2.24) is 19.9 Å². The first-order valence-corrected chi connectivity index (χ1v) is 9.41. The fourth-order valence-corrected chi connectivity index (χ4v) is 3.33. The van der Waals surface area contributed by atoms with Gasteiger partial charge in [0.25, 0.3) is 0 Å². The molecule has 0 unspecified atom stereocenters. The molecule has 0 spiro atoms. The van der Waals surface area contributed by atoms with Gasteiger partial charge < -0.3 is 4.98 Å². The topological polar surface area (TPSA) is 52.8 Å². The van der Waals surface area contributed by atoms with E-state index < -0.39 is 0 Å². The van der Waals surface area contributed by atoms with E-state index in [1.54, 1.807) is 12.4 Å². The van der Waals surface area contributed by atoms with Crippen molar-refractivity contribution in [2.24, 2.45) is 0 Å². The van der Waals surface area contributed by atoms with E-state index in [1.165, 1.54) is 0 Å². The molecule has 30 heavy (non-hydrogen) atoms. The third kappa shape index (κ3) is 4.14. The van der Waals surface area contributed by atoms with E-state index >= 15 is 0 Å². The zero-order chi connectivity index (χ0) is 19.5. The number of hydrogen-bond donors (Lipinski definition) is 0. The standard InChI is InChI=1S/C25H17N4.Pt/c1-2-11-21-20(10-1)24(16-18-8-3-5-14-26-18)29-25(21)17-19-9-7-13-23(28-19)22-12-4-6-15-27-22;/h1-17H;/q-1;/b24-16-,25-17-;. The molecular formula is C25H17N4Pt-. The molecule has 4 aromatic heterocycles. The SMILES string of the molecule is C(/c1ccccn1)=c1/[n-]/c(=C\c2cccc(-c3ccccn3)n2)c2ccccc12.[Pt]. The maximum atomic E-state index is 4.88. The number of nitrogens with zero attached hydrogens (tertiary/aromatic N) is 4. The van der Waals surface area contributed by atoms with Gasteiger partial charge in [0.15, 0.2) is 0 Å². The van der Waals surface area contributed by atoms with E-state index in [4.69, 9.17) is 9.97 Å². The van der Waals surface area contributed by atoms with Crippen LogP contribution in [0.2, 0.25) is 0 Å². The fraction of sp³-hybridized carbons (Fsp3) is 0. The number of benzene rings is 1. The molecule has 1 aromatic carbocycles. The molecule has 0 saturated heterocycles. The van der Waals surface area contributed by atoms with Crippen molar-refractivity contribution in [2.45, 2.75) is 0 Å². The fourth-order valence-electron chi connectivity index (χ4n) is 3.33. The van der Waals surface area contributed by atoms with E-state index in [2.05, 4.69) is 22.1 Å². The van der Waals surface area contributed by atoms with Crippen LogP contribution < -0.4 is 15.7 Å². The first-order valence-electron chi connectivity index (χ1n) is 9.41. The van der Waals surface area contributed by atoms with Crippen LogP contribution in [0.5, 0.6) is 0 Å². The molecule has 0 aliphatic carbocycles. The molecule has 5 aromatic rings. The minimum atomic E-state index is 0. The van der Waals surface area contributed by atoms with Gasteiger partial charge in [0.05, 0.1) is 22.8 Å². The van der Waals surface area contributed by atoms with Crippen molar-refractivity contribution in [2.75, 3.05) is 0 Å². The van der Waals surface area contributed by atoms with Crippen molar-refractivity contribution >= 4 is 22.9 Å². The molecule has 0 fully saturated rings. The van der Waals surface area contributed by atoms with Crippen LogP contribution in [-0.4, -0.2) is 15.0 Å². The first kappa shape index (κ1) is 19.9. The Morgan fingerprint density at radius 2 is 1.17 bits per heavy atom. The van der Waals surface area contributed by atoms with Gasteiger partial charge in [-0.25, -0.2) is 4.98 Å². The van der Waals surface area contributed by atoms with Crippen LogP contribution in [0.3, 0.4) is 0 Å². The Morgan fingerprint density at radius 3 is 1.83 bits per heavy atom. The quantitative estimate of drug-likeness (QED) is 0.335. The molecule has 4 nitrogen and oxygen atoms in total. The van der Waals surface area contributed by atoms with Crippen molar-refractivity contribution in [1.29, 1.82) is 0 Å². The third-order valence-corrected chi connectivity index (χ3v) is 4.67. The summed E-state index contributed by atoms with van der Waals surface area (Å²) in [6.07, 6.45) is 7.60. The normalized spacial score (nSPS) is 12.1. The molecule has 0 amide bonds. The van der Waals surface area contributed by atoms with Gasteiger partial charge >= 0.3 is 0 Å². The molecule has 0 N–H and O–H groups in total. The van der Waals surface area contributed by atoms with Gasteiger partial charge in [-0.1, -0.05) is 54.6 Å². The maximum Gasteiger partial charge on any atom is 0.0893 e. The summed E-state index contributed by atoms with van der Waals surface area (Å²) in [5.74, 6) is 0. The molecule has 5 rings (SSSR count). The molecule has 0 aliphatic rings. The first-order chi connectivity index (χ1) is 14.4. The number of hydrogen-bond acceptors (Lipinski definition) is 3. The van der Waals surface area contributed by atoms with Gasteiger partial charge in [-0.15, -0.1) is 10.7 Å². The summed E-state index contributed by atoms with van der Waals surface area (Å²) in [5, 5.41) is 4.00. The van der Waals surface area contributed by atoms with Crippen molar-refractivity contribution in [3.63, 3.8) is 0 Å². The van der Waals surface area contributed by atoms with Crippen molar-refractivity contribution < 1.29 is 21.1 Å². The summed E-state index contributed by atoms with van der Waals surface area (Å²) in [7, 11) is 0. The Kier molecular flexibility index (Phi) is 5.96. The minimum Gasteiger partial charge on any atom is -0.657 e. The van der Waals surface area contributed by atoms with E-state index in [-0.39, 0.29) is 21.1 Å². The third-order valence-electron chi connectivity index (χ3n) is 4.67. The monoisotopic (exact) mass is 568 g/mol. The van der Waals surface area contributed by atoms with E-state index in [0.29, 0.717) is 0 Å². The van der Waals surface area contributed by atoms with Gasteiger partial charge in [-0.2, -0.15) is 0 Å². The molecule has 0 atom stereocenters. The van der Waals surface area contributed by atoms with Crippen LogP contribution in [0.25, 0.3) is 34.3 Å². The largest absolute Gasteiger partial charge is 0.657 e. The summed E-state index contributed by atoms with van der Waals surface area (Å²) >= 11 is 0. The minimum absolute atomic E-state index is 0.